The summed E-state index contributed by atoms with van der Waals surface area (Å²) in [5.74, 6) is 0.155. The Kier molecular flexibility index (Phi) is 8.17. The molecule has 0 aromatic heterocycles. The van der Waals surface area contributed by atoms with Gasteiger partial charge in [0, 0.05) is 30.8 Å². The van der Waals surface area contributed by atoms with Gasteiger partial charge in [0.2, 0.25) is 15.9 Å². The van der Waals surface area contributed by atoms with E-state index in [0.29, 0.717) is 42.3 Å². The summed E-state index contributed by atoms with van der Waals surface area (Å²) in [4.78, 5) is 15.2. The van der Waals surface area contributed by atoms with E-state index < -0.39 is 32.5 Å². The Bertz CT molecular complexity index is 1540. The first-order chi connectivity index (χ1) is 17.9. The summed E-state index contributed by atoms with van der Waals surface area (Å²) in [7, 11) is -4.80. The van der Waals surface area contributed by atoms with E-state index in [1.54, 1.807) is 48.5 Å². The van der Waals surface area contributed by atoms with Crippen LogP contribution in [0.5, 0.6) is 5.75 Å². The van der Waals surface area contributed by atoms with Crippen LogP contribution in [0, 0.1) is 0 Å². The Morgan fingerprint density at radius 1 is 0.921 bits per heavy atom. The van der Waals surface area contributed by atoms with Crippen LogP contribution < -0.4 is 13.9 Å². The zero-order chi connectivity index (χ0) is 27.7. The maximum atomic E-state index is 13.7. The number of benzene rings is 3. The summed E-state index contributed by atoms with van der Waals surface area (Å²) in [6, 6.07) is 17.4. The lowest BCUT2D eigenvalue weighted by Crippen LogP contribution is -2.42. The fourth-order valence-electron chi connectivity index (χ4n) is 4.14. The average Bonchev–Trinajstić information content (AvgIpc) is 3.31. The SMILES string of the molecule is CCOc1ccc(N(CC(=O)N2CCc3cc(S(=O)(=O)N(C)C)ccc32)S(=O)(=O)c2ccc(Br)cc2)cc1. The van der Waals surface area contributed by atoms with E-state index in [1.165, 1.54) is 37.2 Å². The van der Waals surface area contributed by atoms with E-state index in [-0.39, 0.29) is 9.79 Å². The predicted octanol–water partition coefficient (Wildman–Crippen LogP) is 3.88. The van der Waals surface area contributed by atoms with Gasteiger partial charge >= 0.3 is 0 Å². The van der Waals surface area contributed by atoms with Gasteiger partial charge in [-0.15, -0.1) is 0 Å². The molecule has 0 saturated heterocycles. The van der Waals surface area contributed by atoms with Gasteiger partial charge in [-0.05, 0) is 85.6 Å². The molecule has 1 amide bonds. The molecule has 0 aliphatic carbocycles. The molecule has 0 bridgehead atoms. The van der Waals surface area contributed by atoms with Gasteiger partial charge in [-0.2, -0.15) is 0 Å². The van der Waals surface area contributed by atoms with Crippen molar-refractivity contribution >= 4 is 53.3 Å². The number of hydrogen-bond acceptors (Lipinski definition) is 6. The Morgan fingerprint density at radius 2 is 1.55 bits per heavy atom. The number of amides is 1. The van der Waals surface area contributed by atoms with Crippen LogP contribution in [-0.4, -0.2) is 60.8 Å². The van der Waals surface area contributed by atoms with Gasteiger partial charge in [0.05, 0.1) is 22.1 Å². The summed E-state index contributed by atoms with van der Waals surface area (Å²) in [5.41, 5.74) is 1.60. The Balaban J connectivity index is 1.67. The average molecular weight is 623 g/mol. The smallest absolute Gasteiger partial charge is 0.264 e. The van der Waals surface area contributed by atoms with Crippen LogP contribution in [0.1, 0.15) is 12.5 Å². The Morgan fingerprint density at radius 3 is 2.16 bits per heavy atom. The largest absolute Gasteiger partial charge is 0.494 e. The maximum absolute atomic E-state index is 13.7. The van der Waals surface area contributed by atoms with Crippen molar-refractivity contribution in [2.45, 2.75) is 23.1 Å². The molecule has 202 valence electrons. The van der Waals surface area contributed by atoms with Gasteiger partial charge in [-0.25, -0.2) is 21.1 Å². The van der Waals surface area contributed by atoms with Gasteiger partial charge < -0.3 is 9.64 Å². The minimum atomic E-state index is -4.09. The molecule has 9 nitrogen and oxygen atoms in total. The number of nitrogens with zero attached hydrogens (tertiary/aromatic N) is 3. The normalized spacial score (nSPS) is 13.4. The number of hydrogen-bond donors (Lipinski definition) is 0. The maximum Gasteiger partial charge on any atom is 0.264 e. The van der Waals surface area contributed by atoms with Crippen LogP contribution >= 0.6 is 15.9 Å². The van der Waals surface area contributed by atoms with Crippen LogP contribution in [0.4, 0.5) is 11.4 Å². The fourth-order valence-corrected chi connectivity index (χ4v) is 6.77. The molecule has 0 atom stereocenters. The van der Waals surface area contributed by atoms with Gasteiger partial charge in [-0.3, -0.25) is 9.10 Å². The zero-order valence-corrected chi connectivity index (χ0v) is 24.4. The molecule has 38 heavy (non-hydrogen) atoms. The second kappa shape index (κ2) is 11.0. The highest BCUT2D eigenvalue weighted by molar-refractivity contribution is 9.10. The molecule has 1 aliphatic heterocycles. The van der Waals surface area contributed by atoms with Crippen molar-refractivity contribution in [3.05, 3.63) is 76.8 Å². The molecule has 0 saturated carbocycles. The first-order valence-corrected chi connectivity index (χ1v) is 15.5. The number of fused-ring (bicyclic) bond motifs is 1. The third-order valence-corrected chi connectivity index (χ3v) is 10.3. The molecule has 0 unspecified atom stereocenters. The summed E-state index contributed by atoms with van der Waals surface area (Å²) in [6.45, 7) is 2.19. The molecule has 3 aromatic carbocycles. The third-order valence-electron chi connectivity index (χ3n) is 6.14. The molecule has 0 fully saturated rings. The third kappa shape index (κ3) is 5.58. The highest BCUT2D eigenvalue weighted by atomic mass is 79.9. The molecular formula is C26H28BrN3O6S2. The van der Waals surface area contributed by atoms with E-state index in [1.807, 2.05) is 6.92 Å². The van der Waals surface area contributed by atoms with Crippen molar-refractivity contribution in [2.75, 3.05) is 43.0 Å². The highest BCUT2D eigenvalue weighted by Gasteiger charge is 2.32. The van der Waals surface area contributed by atoms with Crippen molar-refractivity contribution in [3.8, 4) is 5.75 Å². The topological polar surface area (TPSA) is 104 Å². The van der Waals surface area contributed by atoms with Gasteiger partial charge in [0.15, 0.2) is 0 Å². The summed E-state index contributed by atoms with van der Waals surface area (Å²) >= 11 is 3.32. The van der Waals surface area contributed by atoms with Crippen LogP contribution in [0.15, 0.2) is 81.0 Å². The molecule has 3 aromatic rings. The first kappa shape index (κ1) is 28.1. The predicted molar refractivity (Wildman–Crippen MR) is 150 cm³/mol. The van der Waals surface area contributed by atoms with Gasteiger partial charge in [-0.1, -0.05) is 15.9 Å². The molecule has 4 rings (SSSR count). The molecular weight excluding hydrogens is 594 g/mol. The lowest BCUT2D eigenvalue weighted by molar-refractivity contribution is -0.117. The molecule has 1 aliphatic rings. The lowest BCUT2D eigenvalue weighted by Gasteiger charge is -2.27. The highest BCUT2D eigenvalue weighted by Crippen LogP contribution is 2.32. The number of carbonyl (C=O) groups is 1. The molecule has 12 heteroatoms. The van der Waals surface area contributed by atoms with Crippen molar-refractivity contribution in [2.24, 2.45) is 0 Å². The lowest BCUT2D eigenvalue weighted by atomic mass is 10.2. The Hall–Kier alpha value is -2.93. The van der Waals surface area contributed by atoms with E-state index in [9.17, 15) is 21.6 Å². The van der Waals surface area contributed by atoms with Crippen LogP contribution in [-0.2, 0) is 31.3 Å². The minimum Gasteiger partial charge on any atom is -0.494 e. The van der Waals surface area contributed by atoms with Crippen LogP contribution in [0.2, 0.25) is 0 Å². The number of ether oxygens (including phenoxy) is 1. The number of carbonyl (C=O) groups excluding carboxylic acids is 1. The zero-order valence-electron chi connectivity index (χ0n) is 21.2. The number of anilines is 2. The monoisotopic (exact) mass is 621 g/mol. The number of sulfonamides is 2. The van der Waals surface area contributed by atoms with E-state index >= 15 is 0 Å². The Labute approximate surface area is 231 Å². The minimum absolute atomic E-state index is 0.0442. The van der Waals surface area contributed by atoms with Crippen molar-refractivity contribution < 1.29 is 26.4 Å². The van der Waals surface area contributed by atoms with Crippen molar-refractivity contribution in [1.82, 2.24) is 4.31 Å². The number of halogens is 1. The second-order valence-corrected chi connectivity index (χ2v) is 13.7. The molecule has 0 spiro atoms. The van der Waals surface area contributed by atoms with Crippen molar-refractivity contribution in [1.29, 1.82) is 0 Å². The number of rotatable bonds is 9. The second-order valence-electron chi connectivity index (χ2n) is 8.77. The van der Waals surface area contributed by atoms with Crippen molar-refractivity contribution in [3.63, 3.8) is 0 Å². The van der Waals surface area contributed by atoms with Gasteiger partial charge in [0.25, 0.3) is 10.0 Å². The summed E-state index contributed by atoms with van der Waals surface area (Å²) in [6.07, 6.45) is 0.459. The van der Waals surface area contributed by atoms with E-state index in [2.05, 4.69) is 15.9 Å². The standard InChI is InChI=1S/C26H28BrN3O6S2/c1-4-36-22-9-7-21(8-10-22)30(38(34,35)23-11-5-20(27)6-12-23)18-26(31)29-16-15-19-17-24(13-14-25(19)29)37(32,33)28(2)3/h5-14,17H,4,15-16,18H2,1-3H3. The summed E-state index contributed by atoms with van der Waals surface area (Å²) < 4.78 is 60.9. The quantitative estimate of drug-likeness (QED) is 0.359. The fraction of sp³-hybridized carbons (Fsp3) is 0.269. The van der Waals surface area contributed by atoms with Gasteiger partial charge in [0.1, 0.15) is 12.3 Å². The van der Waals surface area contributed by atoms with Crippen LogP contribution in [0.3, 0.4) is 0 Å². The molecule has 0 radical (unpaired) electrons. The molecule has 0 N–H and O–H groups in total. The van der Waals surface area contributed by atoms with E-state index in [4.69, 9.17) is 4.74 Å². The summed E-state index contributed by atoms with van der Waals surface area (Å²) in [5, 5.41) is 0. The first-order valence-electron chi connectivity index (χ1n) is 11.8. The van der Waals surface area contributed by atoms with E-state index in [0.717, 1.165) is 13.1 Å². The molecule has 1 heterocycles. The van der Waals surface area contributed by atoms with Crippen LogP contribution in [0.25, 0.3) is 0 Å².